The van der Waals surface area contributed by atoms with Crippen LogP contribution in [0.1, 0.15) is 17.3 Å². The highest BCUT2D eigenvalue weighted by Gasteiger charge is 2.42. The summed E-state index contributed by atoms with van der Waals surface area (Å²) in [6, 6.07) is 7.91. The number of hydrogen-bond donors (Lipinski definition) is 0. The molecule has 0 spiro atoms. The average molecular weight is 415 g/mol. The fourth-order valence-electron chi connectivity index (χ4n) is 3.57. The molecule has 3 heterocycles. The second kappa shape index (κ2) is 7.43. The van der Waals surface area contributed by atoms with Gasteiger partial charge in [0.2, 0.25) is 21.9 Å². The Morgan fingerprint density at radius 2 is 1.66 bits per heavy atom. The largest absolute Gasteiger partial charge is 0.337 e. The zero-order valence-electron chi connectivity index (χ0n) is 15.9. The first-order chi connectivity index (χ1) is 13.9. The van der Waals surface area contributed by atoms with Crippen molar-refractivity contribution in [3.63, 3.8) is 0 Å². The molecule has 0 N–H and O–H groups in total. The van der Waals surface area contributed by atoms with Gasteiger partial charge in [-0.3, -0.25) is 9.59 Å². The molecule has 1 aromatic heterocycles. The molecule has 1 aromatic carbocycles. The number of sulfonamides is 1. The summed E-state index contributed by atoms with van der Waals surface area (Å²) >= 11 is 0. The monoisotopic (exact) mass is 415 g/mol. The van der Waals surface area contributed by atoms with Crippen molar-refractivity contribution < 1.29 is 18.0 Å². The predicted octanol–water partition coefficient (Wildman–Crippen LogP) is 0.751. The molecule has 0 bridgehead atoms. The van der Waals surface area contributed by atoms with Crippen molar-refractivity contribution in [1.29, 1.82) is 0 Å². The Bertz CT molecular complexity index is 1020. The minimum absolute atomic E-state index is 0.130. The normalized spacial score (nSPS) is 21.5. The van der Waals surface area contributed by atoms with E-state index in [-0.39, 0.29) is 17.3 Å². The molecule has 0 saturated carbocycles. The molecule has 9 nitrogen and oxygen atoms in total. The van der Waals surface area contributed by atoms with Crippen molar-refractivity contribution in [2.45, 2.75) is 6.92 Å². The van der Waals surface area contributed by atoms with Gasteiger partial charge in [0, 0.05) is 44.1 Å². The smallest absolute Gasteiger partial charge is 0.253 e. The zero-order chi connectivity index (χ0) is 20.6. The van der Waals surface area contributed by atoms with E-state index in [1.54, 1.807) is 42.4 Å². The van der Waals surface area contributed by atoms with E-state index in [4.69, 9.17) is 0 Å². The molecule has 2 amide bonds. The SMILES string of the molecule is CC1CS(=O)(=O)N(c2ccc(C(=O)N3CCN(c4ncccn4)CC3)cc2)C1=O. The third-order valence-electron chi connectivity index (χ3n) is 5.11. The molecule has 1 unspecified atom stereocenters. The number of aromatic nitrogens is 2. The first-order valence-corrected chi connectivity index (χ1v) is 11.0. The van der Waals surface area contributed by atoms with Gasteiger partial charge in [-0.2, -0.15) is 0 Å². The lowest BCUT2D eigenvalue weighted by atomic mass is 10.1. The Morgan fingerprint density at radius 1 is 1.03 bits per heavy atom. The third-order valence-corrected chi connectivity index (χ3v) is 6.98. The highest BCUT2D eigenvalue weighted by Crippen LogP contribution is 2.28. The van der Waals surface area contributed by atoms with Gasteiger partial charge in [-0.05, 0) is 30.3 Å². The summed E-state index contributed by atoms with van der Waals surface area (Å²) in [6.07, 6.45) is 3.38. The molecule has 0 radical (unpaired) electrons. The zero-order valence-corrected chi connectivity index (χ0v) is 16.7. The molecule has 2 aliphatic heterocycles. The van der Waals surface area contributed by atoms with E-state index in [0.29, 0.717) is 37.7 Å². The van der Waals surface area contributed by atoms with Crippen LogP contribution >= 0.6 is 0 Å². The summed E-state index contributed by atoms with van der Waals surface area (Å²) < 4.78 is 25.3. The van der Waals surface area contributed by atoms with Gasteiger partial charge < -0.3 is 9.80 Å². The van der Waals surface area contributed by atoms with Gasteiger partial charge in [0.05, 0.1) is 17.4 Å². The van der Waals surface area contributed by atoms with Crippen molar-refractivity contribution in [3.05, 3.63) is 48.3 Å². The topological polar surface area (TPSA) is 104 Å². The van der Waals surface area contributed by atoms with Crippen molar-refractivity contribution in [3.8, 4) is 0 Å². The van der Waals surface area contributed by atoms with Crippen molar-refractivity contribution >= 4 is 33.5 Å². The summed E-state index contributed by atoms with van der Waals surface area (Å²) in [6.45, 7) is 3.93. The lowest BCUT2D eigenvalue weighted by Crippen LogP contribution is -2.49. The first-order valence-electron chi connectivity index (χ1n) is 9.35. The van der Waals surface area contributed by atoms with Crippen molar-refractivity contribution in [2.24, 2.45) is 5.92 Å². The standard InChI is InChI=1S/C19H21N5O4S/c1-14-13-29(27,28)24(17(14)25)16-5-3-15(4-6-16)18(26)22-9-11-23(12-10-22)19-20-7-2-8-21-19/h2-8,14H,9-13H2,1H3. The molecular weight excluding hydrogens is 394 g/mol. The lowest BCUT2D eigenvalue weighted by molar-refractivity contribution is -0.119. The van der Waals surface area contributed by atoms with Crippen LogP contribution in [-0.2, 0) is 14.8 Å². The summed E-state index contributed by atoms with van der Waals surface area (Å²) in [4.78, 5) is 37.2. The Hall–Kier alpha value is -3.01. The van der Waals surface area contributed by atoms with E-state index < -0.39 is 21.8 Å². The molecular formula is C19H21N5O4S. The van der Waals surface area contributed by atoms with Gasteiger partial charge in [0.15, 0.2) is 0 Å². The van der Waals surface area contributed by atoms with E-state index in [1.165, 1.54) is 12.1 Å². The second-order valence-electron chi connectivity index (χ2n) is 7.16. The number of benzene rings is 1. The summed E-state index contributed by atoms with van der Waals surface area (Å²) in [5.74, 6) is -0.680. The van der Waals surface area contributed by atoms with Crippen LogP contribution in [0.2, 0.25) is 0 Å². The minimum atomic E-state index is -3.65. The van der Waals surface area contributed by atoms with Gasteiger partial charge in [-0.15, -0.1) is 0 Å². The molecule has 1 atom stereocenters. The minimum Gasteiger partial charge on any atom is -0.337 e. The third kappa shape index (κ3) is 3.67. The van der Waals surface area contributed by atoms with E-state index in [0.717, 1.165) is 4.31 Å². The van der Waals surface area contributed by atoms with Gasteiger partial charge in [-0.25, -0.2) is 22.7 Å². The van der Waals surface area contributed by atoms with E-state index in [9.17, 15) is 18.0 Å². The molecule has 2 aliphatic rings. The van der Waals surface area contributed by atoms with Gasteiger partial charge >= 0.3 is 0 Å². The maximum Gasteiger partial charge on any atom is 0.253 e. The summed E-state index contributed by atoms with van der Waals surface area (Å²) in [5.41, 5.74) is 0.720. The Labute approximate surface area is 169 Å². The van der Waals surface area contributed by atoms with Gasteiger partial charge in [0.1, 0.15) is 0 Å². The van der Waals surface area contributed by atoms with Crippen LogP contribution in [0.3, 0.4) is 0 Å². The molecule has 2 aromatic rings. The quantitative estimate of drug-likeness (QED) is 0.729. The average Bonchev–Trinajstić information content (AvgIpc) is 2.95. The van der Waals surface area contributed by atoms with E-state index in [2.05, 4.69) is 9.97 Å². The van der Waals surface area contributed by atoms with Crippen LogP contribution in [0.4, 0.5) is 11.6 Å². The fourth-order valence-corrected chi connectivity index (χ4v) is 5.39. The van der Waals surface area contributed by atoms with Crippen LogP contribution in [0.5, 0.6) is 0 Å². The maximum absolute atomic E-state index is 12.8. The molecule has 152 valence electrons. The molecule has 0 aliphatic carbocycles. The molecule has 10 heteroatoms. The Morgan fingerprint density at radius 3 is 2.21 bits per heavy atom. The lowest BCUT2D eigenvalue weighted by Gasteiger charge is -2.34. The first kappa shape index (κ1) is 19.3. The summed E-state index contributed by atoms with van der Waals surface area (Å²) in [5, 5.41) is 0. The second-order valence-corrected chi connectivity index (χ2v) is 9.02. The van der Waals surface area contributed by atoms with Crippen molar-refractivity contribution in [2.75, 3.05) is 41.1 Å². The maximum atomic E-state index is 12.8. The number of carbonyl (C=O) groups is 2. The van der Waals surface area contributed by atoms with Crippen molar-refractivity contribution in [1.82, 2.24) is 14.9 Å². The molecule has 29 heavy (non-hydrogen) atoms. The number of rotatable bonds is 3. The number of hydrogen-bond acceptors (Lipinski definition) is 7. The molecule has 2 saturated heterocycles. The molecule has 4 rings (SSSR count). The number of amides is 2. The highest BCUT2D eigenvalue weighted by molar-refractivity contribution is 7.94. The number of carbonyl (C=O) groups excluding carboxylic acids is 2. The predicted molar refractivity (Wildman–Crippen MR) is 107 cm³/mol. The molecule has 2 fully saturated rings. The number of nitrogens with zero attached hydrogens (tertiary/aromatic N) is 5. The van der Waals surface area contributed by atoms with E-state index >= 15 is 0 Å². The summed E-state index contributed by atoms with van der Waals surface area (Å²) in [7, 11) is -3.65. The van der Waals surface area contributed by atoms with Crippen LogP contribution in [-0.4, -0.2) is 67.0 Å². The van der Waals surface area contributed by atoms with Crippen LogP contribution in [0.25, 0.3) is 0 Å². The van der Waals surface area contributed by atoms with Crippen LogP contribution in [0, 0.1) is 5.92 Å². The Balaban J connectivity index is 1.43. The van der Waals surface area contributed by atoms with Crippen LogP contribution in [0.15, 0.2) is 42.7 Å². The van der Waals surface area contributed by atoms with E-state index in [1.807, 2.05) is 4.90 Å². The highest BCUT2D eigenvalue weighted by atomic mass is 32.2. The van der Waals surface area contributed by atoms with Gasteiger partial charge in [-0.1, -0.05) is 6.92 Å². The van der Waals surface area contributed by atoms with Crippen LogP contribution < -0.4 is 9.21 Å². The fraction of sp³-hybridized carbons (Fsp3) is 0.368. The number of piperazine rings is 1. The Kier molecular flexibility index (Phi) is 4.95. The van der Waals surface area contributed by atoms with Gasteiger partial charge in [0.25, 0.3) is 5.91 Å². The number of anilines is 2.